The van der Waals surface area contributed by atoms with Crippen molar-refractivity contribution in [3.8, 4) is 17.6 Å². The van der Waals surface area contributed by atoms with Crippen molar-refractivity contribution >= 4 is 39.2 Å². The Morgan fingerprint density at radius 2 is 2.21 bits per heavy atom. The van der Waals surface area contributed by atoms with Gasteiger partial charge in [-0.3, -0.25) is 4.79 Å². The number of nitriles is 1. The third-order valence-electron chi connectivity index (χ3n) is 2.97. The SMILES string of the molecule is COc1cc(/C=C/C(=O)NCc2ccc(Br)s2)ccc1OCC#N. The fraction of sp³-hybridized carbons (Fsp3) is 0.176. The largest absolute Gasteiger partial charge is 0.493 e. The number of nitrogens with zero attached hydrogens (tertiary/aromatic N) is 1. The highest BCUT2D eigenvalue weighted by Gasteiger charge is 2.05. The maximum atomic E-state index is 11.9. The Labute approximate surface area is 152 Å². The van der Waals surface area contributed by atoms with Crippen LogP contribution in [0.3, 0.4) is 0 Å². The van der Waals surface area contributed by atoms with Gasteiger partial charge in [-0.15, -0.1) is 11.3 Å². The second-order valence-electron chi connectivity index (χ2n) is 4.61. The Bertz CT molecular complexity index is 780. The lowest BCUT2D eigenvalue weighted by atomic mass is 10.2. The number of halogens is 1. The summed E-state index contributed by atoms with van der Waals surface area (Å²) < 4.78 is 11.5. The topological polar surface area (TPSA) is 71.3 Å². The van der Waals surface area contributed by atoms with Crippen LogP contribution in [-0.4, -0.2) is 19.6 Å². The van der Waals surface area contributed by atoms with E-state index in [1.165, 1.54) is 13.2 Å². The van der Waals surface area contributed by atoms with Crippen molar-refractivity contribution in [1.29, 1.82) is 5.26 Å². The molecule has 0 atom stereocenters. The molecule has 7 heteroatoms. The van der Waals surface area contributed by atoms with Crippen LogP contribution in [0.2, 0.25) is 0 Å². The quantitative estimate of drug-likeness (QED) is 0.710. The van der Waals surface area contributed by atoms with Gasteiger partial charge in [0.15, 0.2) is 18.1 Å². The molecule has 0 bridgehead atoms. The molecule has 5 nitrogen and oxygen atoms in total. The molecule has 1 amide bonds. The van der Waals surface area contributed by atoms with Gasteiger partial charge in [-0.1, -0.05) is 6.07 Å². The molecule has 0 saturated carbocycles. The Morgan fingerprint density at radius 1 is 1.38 bits per heavy atom. The molecule has 2 rings (SSSR count). The van der Waals surface area contributed by atoms with E-state index < -0.39 is 0 Å². The van der Waals surface area contributed by atoms with Gasteiger partial charge in [0, 0.05) is 11.0 Å². The van der Waals surface area contributed by atoms with E-state index in [1.807, 2.05) is 18.2 Å². The zero-order valence-electron chi connectivity index (χ0n) is 12.9. The summed E-state index contributed by atoms with van der Waals surface area (Å²) in [4.78, 5) is 12.9. The first-order chi connectivity index (χ1) is 11.6. The zero-order valence-corrected chi connectivity index (χ0v) is 15.3. The Balaban J connectivity index is 1.95. The highest BCUT2D eigenvalue weighted by molar-refractivity contribution is 9.11. The number of rotatable bonds is 7. The maximum Gasteiger partial charge on any atom is 0.244 e. The van der Waals surface area contributed by atoms with E-state index in [2.05, 4.69) is 21.2 Å². The van der Waals surface area contributed by atoms with Crippen molar-refractivity contribution in [2.75, 3.05) is 13.7 Å². The van der Waals surface area contributed by atoms with Gasteiger partial charge in [0.2, 0.25) is 5.91 Å². The minimum absolute atomic E-state index is 0.0488. The van der Waals surface area contributed by atoms with Crippen LogP contribution in [0.1, 0.15) is 10.4 Å². The van der Waals surface area contributed by atoms with E-state index in [0.29, 0.717) is 18.0 Å². The summed E-state index contributed by atoms with van der Waals surface area (Å²) in [5.74, 6) is 0.823. The fourth-order valence-corrected chi connectivity index (χ4v) is 3.29. The second-order valence-corrected chi connectivity index (χ2v) is 7.16. The van der Waals surface area contributed by atoms with Crippen LogP contribution in [0.15, 0.2) is 40.2 Å². The minimum Gasteiger partial charge on any atom is -0.493 e. The molecular weight excluding hydrogens is 392 g/mol. The van der Waals surface area contributed by atoms with E-state index in [1.54, 1.807) is 35.6 Å². The molecule has 1 aromatic carbocycles. The van der Waals surface area contributed by atoms with Crippen molar-refractivity contribution in [2.45, 2.75) is 6.54 Å². The third kappa shape index (κ3) is 5.41. The summed E-state index contributed by atoms with van der Waals surface area (Å²) in [7, 11) is 1.52. The van der Waals surface area contributed by atoms with Gasteiger partial charge in [0.05, 0.1) is 17.4 Å². The van der Waals surface area contributed by atoms with Crippen molar-refractivity contribution in [3.63, 3.8) is 0 Å². The van der Waals surface area contributed by atoms with Crippen LogP contribution in [-0.2, 0) is 11.3 Å². The number of hydrogen-bond acceptors (Lipinski definition) is 5. The smallest absolute Gasteiger partial charge is 0.244 e. The standard InChI is InChI=1S/C17H15BrN2O3S/c1-22-15-10-12(2-5-14(15)23-9-8-19)3-7-17(21)20-11-13-4-6-16(18)24-13/h2-7,10H,9,11H2,1H3,(H,20,21)/b7-3+. The number of thiophene rings is 1. The summed E-state index contributed by atoms with van der Waals surface area (Å²) in [6.45, 7) is 0.441. The second kappa shape index (κ2) is 9.11. The first kappa shape index (κ1) is 18.0. The maximum absolute atomic E-state index is 11.9. The van der Waals surface area contributed by atoms with Crippen molar-refractivity contribution < 1.29 is 14.3 Å². The average molecular weight is 407 g/mol. The first-order valence-corrected chi connectivity index (χ1v) is 8.61. The van der Waals surface area contributed by atoms with Gasteiger partial charge in [0.25, 0.3) is 0 Å². The van der Waals surface area contributed by atoms with Crippen LogP contribution >= 0.6 is 27.3 Å². The summed E-state index contributed by atoms with van der Waals surface area (Å²) in [6.07, 6.45) is 3.16. The fourth-order valence-electron chi connectivity index (χ4n) is 1.87. The number of amides is 1. The monoisotopic (exact) mass is 406 g/mol. The molecule has 1 aromatic heterocycles. The Kier molecular flexibility index (Phi) is 6.85. The van der Waals surface area contributed by atoms with Crippen LogP contribution in [0.5, 0.6) is 11.5 Å². The number of hydrogen-bond donors (Lipinski definition) is 1. The van der Waals surface area contributed by atoms with Gasteiger partial charge in [-0.2, -0.15) is 5.26 Å². The van der Waals surface area contributed by atoms with Crippen LogP contribution in [0.4, 0.5) is 0 Å². The molecule has 0 aliphatic rings. The lowest BCUT2D eigenvalue weighted by Gasteiger charge is -2.08. The highest BCUT2D eigenvalue weighted by atomic mass is 79.9. The Morgan fingerprint density at radius 3 is 2.88 bits per heavy atom. The number of benzene rings is 1. The van der Waals surface area contributed by atoms with Crippen molar-refractivity contribution in [1.82, 2.24) is 5.32 Å². The van der Waals surface area contributed by atoms with Gasteiger partial charge >= 0.3 is 0 Å². The number of ether oxygens (including phenoxy) is 2. The molecule has 0 aliphatic heterocycles. The molecule has 1 heterocycles. The molecule has 0 spiro atoms. The predicted molar refractivity (Wildman–Crippen MR) is 97.0 cm³/mol. The van der Waals surface area contributed by atoms with Gasteiger partial charge in [0.1, 0.15) is 6.07 Å². The Hall–Kier alpha value is -2.30. The highest BCUT2D eigenvalue weighted by Crippen LogP contribution is 2.28. The van der Waals surface area contributed by atoms with Crippen molar-refractivity contribution in [2.24, 2.45) is 0 Å². The summed E-state index contributed by atoms with van der Waals surface area (Å²) in [5.41, 5.74) is 0.796. The number of carbonyl (C=O) groups is 1. The molecule has 0 fully saturated rings. The zero-order chi connectivity index (χ0) is 17.4. The molecule has 24 heavy (non-hydrogen) atoms. The first-order valence-electron chi connectivity index (χ1n) is 7.00. The molecule has 0 unspecified atom stereocenters. The molecule has 0 aliphatic carbocycles. The van der Waals surface area contributed by atoms with E-state index in [9.17, 15) is 4.79 Å². The predicted octanol–water partition coefficient (Wildman–Crippen LogP) is 3.75. The number of nitrogens with one attached hydrogen (secondary N) is 1. The summed E-state index contributed by atoms with van der Waals surface area (Å²) in [6, 6.07) is 11.1. The molecule has 1 N–H and O–H groups in total. The van der Waals surface area contributed by atoms with E-state index >= 15 is 0 Å². The number of carbonyl (C=O) groups excluding carboxylic acids is 1. The third-order valence-corrected chi connectivity index (χ3v) is 4.60. The van der Waals surface area contributed by atoms with Gasteiger partial charge in [-0.25, -0.2) is 0 Å². The van der Waals surface area contributed by atoms with Gasteiger partial charge < -0.3 is 14.8 Å². The van der Waals surface area contributed by atoms with E-state index in [4.69, 9.17) is 14.7 Å². The minimum atomic E-state index is -0.178. The van der Waals surface area contributed by atoms with Crippen LogP contribution in [0, 0.1) is 11.3 Å². The van der Waals surface area contributed by atoms with Crippen LogP contribution in [0.25, 0.3) is 6.08 Å². The summed E-state index contributed by atoms with van der Waals surface area (Å²) >= 11 is 4.97. The molecule has 0 saturated heterocycles. The lowest BCUT2D eigenvalue weighted by molar-refractivity contribution is -0.116. The normalized spacial score (nSPS) is 10.4. The van der Waals surface area contributed by atoms with Gasteiger partial charge in [-0.05, 0) is 51.8 Å². The molecular formula is C17H15BrN2O3S. The van der Waals surface area contributed by atoms with Crippen molar-refractivity contribution in [3.05, 3.63) is 50.6 Å². The lowest BCUT2D eigenvalue weighted by Crippen LogP contribution is -2.19. The number of methoxy groups -OCH3 is 1. The van der Waals surface area contributed by atoms with Crippen LogP contribution < -0.4 is 14.8 Å². The van der Waals surface area contributed by atoms with E-state index in [-0.39, 0.29) is 12.5 Å². The molecule has 124 valence electrons. The van der Waals surface area contributed by atoms with E-state index in [0.717, 1.165) is 14.2 Å². The summed E-state index contributed by atoms with van der Waals surface area (Å²) in [5, 5.41) is 11.4. The molecule has 2 aromatic rings. The average Bonchev–Trinajstić information content (AvgIpc) is 3.02. The molecule has 0 radical (unpaired) electrons.